The molecular weight excluding hydrogens is 282 g/mol. The van der Waals surface area contributed by atoms with Crippen molar-refractivity contribution in [2.75, 3.05) is 20.1 Å². The van der Waals surface area contributed by atoms with E-state index in [0.717, 1.165) is 31.8 Å². The highest BCUT2D eigenvalue weighted by Gasteiger charge is 2.27. The van der Waals surface area contributed by atoms with Crippen LogP contribution in [0.25, 0.3) is 0 Å². The number of nitrogens with zero attached hydrogens (tertiary/aromatic N) is 3. The van der Waals surface area contributed by atoms with Gasteiger partial charge in [0.1, 0.15) is 5.82 Å². The Kier molecular flexibility index (Phi) is 16.3. The van der Waals surface area contributed by atoms with E-state index in [4.69, 9.17) is 0 Å². The average Bonchev–Trinajstić information content (AvgIpc) is 2.58. The van der Waals surface area contributed by atoms with E-state index in [-0.39, 0.29) is 0 Å². The normalized spacial score (nSPS) is 21.6. The van der Waals surface area contributed by atoms with Crippen LogP contribution < -0.4 is 0 Å². The summed E-state index contributed by atoms with van der Waals surface area (Å²) >= 11 is 0. The fourth-order valence-corrected chi connectivity index (χ4v) is 2.22. The highest BCUT2D eigenvalue weighted by atomic mass is 15.3. The number of likely N-dealkylation sites (N-methyl/N-ethyl adjacent to an activating group) is 1. The monoisotopic (exact) mass is 321 g/mol. The molecule has 1 aliphatic rings. The molecular formula is C20H39N3. The minimum absolute atomic E-state index is 0.593. The molecule has 0 aromatic rings. The Morgan fingerprint density at radius 2 is 1.52 bits per heavy atom. The Hall–Kier alpha value is -1.27. The molecule has 1 fully saturated rings. The van der Waals surface area contributed by atoms with Crippen LogP contribution in [-0.4, -0.2) is 48.2 Å². The molecule has 134 valence electrons. The summed E-state index contributed by atoms with van der Waals surface area (Å²) in [7, 11) is 2.21. The average molecular weight is 322 g/mol. The van der Waals surface area contributed by atoms with E-state index in [1.54, 1.807) is 0 Å². The Labute approximate surface area is 145 Å². The Morgan fingerprint density at radius 3 is 1.87 bits per heavy atom. The molecule has 0 amide bonds. The third-order valence-corrected chi connectivity index (χ3v) is 3.73. The van der Waals surface area contributed by atoms with E-state index < -0.39 is 0 Å². The molecule has 3 heteroatoms. The Morgan fingerprint density at radius 1 is 1.04 bits per heavy atom. The quantitative estimate of drug-likeness (QED) is 0.547. The fraction of sp³-hybridized carbons (Fsp3) is 0.750. The van der Waals surface area contributed by atoms with Crippen LogP contribution in [-0.2, 0) is 0 Å². The van der Waals surface area contributed by atoms with Gasteiger partial charge in [0.15, 0.2) is 0 Å². The maximum atomic E-state index is 4.59. The molecule has 0 saturated carbocycles. The maximum absolute atomic E-state index is 4.59. The van der Waals surface area contributed by atoms with Gasteiger partial charge in [-0.05, 0) is 53.7 Å². The van der Waals surface area contributed by atoms with Crippen molar-refractivity contribution in [1.82, 2.24) is 9.80 Å². The first kappa shape index (κ1) is 24.0. The second kappa shape index (κ2) is 15.6. The first-order valence-corrected chi connectivity index (χ1v) is 9.04. The molecule has 0 spiro atoms. The summed E-state index contributed by atoms with van der Waals surface area (Å²) in [4.78, 5) is 9.46. The molecule has 0 radical (unpaired) electrons. The zero-order valence-electron chi connectivity index (χ0n) is 17.0. The van der Waals surface area contributed by atoms with Gasteiger partial charge < -0.3 is 4.90 Å². The van der Waals surface area contributed by atoms with E-state index in [2.05, 4.69) is 67.5 Å². The molecule has 2 atom stereocenters. The van der Waals surface area contributed by atoms with Gasteiger partial charge in [-0.1, -0.05) is 27.7 Å². The lowest BCUT2D eigenvalue weighted by Crippen LogP contribution is -2.54. The number of hydrogen-bond acceptors (Lipinski definition) is 3. The molecule has 1 aliphatic heterocycles. The molecule has 3 nitrogen and oxygen atoms in total. The molecule has 0 bridgehead atoms. The van der Waals surface area contributed by atoms with Crippen molar-refractivity contribution < 1.29 is 0 Å². The largest absolute Gasteiger partial charge is 0.354 e. The van der Waals surface area contributed by atoms with Gasteiger partial charge in [-0.3, -0.25) is 4.90 Å². The first-order chi connectivity index (χ1) is 11.0. The second-order valence-electron chi connectivity index (χ2n) is 5.46. The van der Waals surface area contributed by atoms with Crippen LogP contribution in [0.4, 0.5) is 0 Å². The summed E-state index contributed by atoms with van der Waals surface area (Å²) in [6.07, 6.45) is 6.29. The molecule has 0 aromatic carbocycles. The zero-order valence-corrected chi connectivity index (χ0v) is 17.0. The van der Waals surface area contributed by atoms with Crippen LogP contribution in [0.1, 0.15) is 68.2 Å². The number of hydrogen-bond donors (Lipinski definition) is 0. The predicted octanol–water partition coefficient (Wildman–Crippen LogP) is 4.80. The highest BCUT2D eigenvalue weighted by Crippen LogP contribution is 2.18. The van der Waals surface area contributed by atoms with Crippen LogP contribution in [0.5, 0.6) is 0 Å². The van der Waals surface area contributed by atoms with Gasteiger partial charge in [0, 0.05) is 31.4 Å². The first-order valence-electron chi connectivity index (χ1n) is 9.04. The van der Waals surface area contributed by atoms with E-state index in [1.165, 1.54) is 0 Å². The van der Waals surface area contributed by atoms with Crippen molar-refractivity contribution in [3.05, 3.63) is 11.9 Å². The van der Waals surface area contributed by atoms with Gasteiger partial charge in [0.25, 0.3) is 0 Å². The summed E-state index contributed by atoms with van der Waals surface area (Å²) in [5.74, 6) is 6.51. The van der Waals surface area contributed by atoms with Crippen molar-refractivity contribution in [3.8, 4) is 11.8 Å². The molecule has 1 heterocycles. The second-order valence-corrected chi connectivity index (χ2v) is 5.46. The fourth-order valence-electron chi connectivity index (χ4n) is 2.22. The number of piperazine rings is 1. The molecule has 2 unspecified atom stereocenters. The smallest absolute Gasteiger partial charge is 0.124 e. The van der Waals surface area contributed by atoms with Crippen LogP contribution >= 0.6 is 0 Å². The van der Waals surface area contributed by atoms with Crippen LogP contribution in [0, 0.1) is 11.8 Å². The van der Waals surface area contributed by atoms with Crippen molar-refractivity contribution in [2.24, 2.45) is 4.99 Å². The van der Waals surface area contributed by atoms with Gasteiger partial charge in [0.05, 0.1) is 0 Å². The minimum atomic E-state index is 0.593. The van der Waals surface area contributed by atoms with Crippen LogP contribution in [0.15, 0.2) is 16.9 Å². The van der Waals surface area contributed by atoms with Crippen LogP contribution in [0.3, 0.4) is 0 Å². The molecule has 23 heavy (non-hydrogen) atoms. The van der Waals surface area contributed by atoms with E-state index in [9.17, 15) is 0 Å². The topological polar surface area (TPSA) is 18.8 Å². The molecule has 0 aromatic heterocycles. The van der Waals surface area contributed by atoms with E-state index in [0.29, 0.717) is 12.1 Å². The lowest BCUT2D eigenvalue weighted by Gasteiger charge is -2.43. The third kappa shape index (κ3) is 10.2. The Balaban J connectivity index is 0. The number of rotatable bonds is 4. The molecule has 0 aliphatic carbocycles. The number of allylic oxidation sites excluding steroid dienone is 1. The SMILES string of the molecule is CC.CC#CC.CC/C=N\C(=C/CC)N1CC(C)N(C)C(C)C1. The van der Waals surface area contributed by atoms with E-state index in [1.807, 2.05) is 33.9 Å². The van der Waals surface area contributed by atoms with Gasteiger partial charge in [-0.25, -0.2) is 4.99 Å². The van der Waals surface area contributed by atoms with Crippen molar-refractivity contribution in [3.63, 3.8) is 0 Å². The summed E-state index contributed by atoms with van der Waals surface area (Å²) in [6.45, 7) is 18.7. The molecule has 1 rings (SSSR count). The predicted molar refractivity (Wildman–Crippen MR) is 106 cm³/mol. The highest BCUT2D eigenvalue weighted by molar-refractivity contribution is 5.58. The summed E-state index contributed by atoms with van der Waals surface area (Å²) in [5.41, 5.74) is 0. The lowest BCUT2D eigenvalue weighted by molar-refractivity contribution is 0.0794. The molecule has 0 N–H and O–H groups in total. The third-order valence-electron chi connectivity index (χ3n) is 3.73. The maximum Gasteiger partial charge on any atom is 0.124 e. The van der Waals surface area contributed by atoms with Crippen molar-refractivity contribution in [2.45, 2.75) is 80.3 Å². The van der Waals surface area contributed by atoms with Crippen LogP contribution in [0.2, 0.25) is 0 Å². The van der Waals surface area contributed by atoms with E-state index >= 15 is 0 Å². The molecule has 1 saturated heterocycles. The number of aliphatic imine (C=N–C) groups is 1. The standard InChI is InChI=1S/C14H27N3.C4H6.C2H6/c1-6-8-14(15-9-7-2)17-10-12(3)16(5)13(4)11-17;1-3-4-2;1-2/h8-9,12-13H,6-7,10-11H2,1-5H3;1-2H3;1-2H3/b14-8+,15-9-;;. The summed E-state index contributed by atoms with van der Waals surface area (Å²) in [5, 5.41) is 0. The van der Waals surface area contributed by atoms with Gasteiger partial charge in [-0.2, -0.15) is 0 Å². The minimum Gasteiger partial charge on any atom is -0.354 e. The van der Waals surface area contributed by atoms with Gasteiger partial charge in [-0.15, -0.1) is 11.8 Å². The Bertz CT molecular complexity index is 369. The van der Waals surface area contributed by atoms with Crippen molar-refractivity contribution in [1.29, 1.82) is 0 Å². The van der Waals surface area contributed by atoms with Gasteiger partial charge in [0.2, 0.25) is 0 Å². The van der Waals surface area contributed by atoms with Gasteiger partial charge >= 0.3 is 0 Å². The lowest BCUT2D eigenvalue weighted by atomic mass is 10.1. The zero-order chi connectivity index (χ0) is 18.3. The summed E-state index contributed by atoms with van der Waals surface area (Å²) < 4.78 is 0. The van der Waals surface area contributed by atoms with Crippen molar-refractivity contribution >= 4 is 6.21 Å². The summed E-state index contributed by atoms with van der Waals surface area (Å²) in [6, 6.07) is 1.19.